The molecule has 0 saturated heterocycles. The minimum Gasteiger partial charge on any atom is -0.364 e. The SMILES string of the molecule is Cc1cc(C(=O)NCCCn2ccnn2)c[nH]1. The zero-order valence-electron chi connectivity index (χ0n) is 9.68. The van der Waals surface area contributed by atoms with Crippen molar-refractivity contribution in [2.75, 3.05) is 6.54 Å². The fraction of sp³-hybridized carbons (Fsp3) is 0.364. The molecule has 90 valence electrons. The number of carbonyl (C=O) groups is 1. The van der Waals surface area contributed by atoms with E-state index in [0.29, 0.717) is 12.1 Å². The molecule has 2 heterocycles. The van der Waals surface area contributed by atoms with Crippen LogP contribution < -0.4 is 5.32 Å². The van der Waals surface area contributed by atoms with E-state index in [4.69, 9.17) is 0 Å². The van der Waals surface area contributed by atoms with Crippen LogP contribution in [0.2, 0.25) is 0 Å². The maximum Gasteiger partial charge on any atom is 0.252 e. The van der Waals surface area contributed by atoms with Crippen LogP contribution in [0.3, 0.4) is 0 Å². The van der Waals surface area contributed by atoms with Gasteiger partial charge < -0.3 is 10.3 Å². The number of rotatable bonds is 5. The Morgan fingerprint density at radius 3 is 3.12 bits per heavy atom. The molecular weight excluding hydrogens is 218 g/mol. The number of hydrogen-bond acceptors (Lipinski definition) is 3. The Bertz CT molecular complexity index is 474. The van der Waals surface area contributed by atoms with Crippen LogP contribution in [-0.2, 0) is 6.54 Å². The summed E-state index contributed by atoms with van der Waals surface area (Å²) in [6.45, 7) is 3.30. The lowest BCUT2D eigenvalue weighted by molar-refractivity contribution is 0.0952. The second-order valence-corrected chi connectivity index (χ2v) is 3.85. The third-order valence-electron chi connectivity index (χ3n) is 2.41. The highest BCUT2D eigenvalue weighted by molar-refractivity contribution is 5.94. The molecule has 0 saturated carbocycles. The topological polar surface area (TPSA) is 75.6 Å². The Morgan fingerprint density at radius 1 is 1.59 bits per heavy atom. The summed E-state index contributed by atoms with van der Waals surface area (Å²) in [7, 11) is 0. The van der Waals surface area contributed by atoms with Gasteiger partial charge in [-0.15, -0.1) is 5.10 Å². The Labute approximate surface area is 99.0 Å². The van der Waals surface area contributed by atoms with Crippen molar-refractivity contribution in [1.82, 2.24) is 25.3 Å². The van der Waals surface area contributed by atoms with Gasteiger partial charge in [0.25, 0.3) is 5.91 Å². The quantitative estimate of drug-likeness (QED) is 0.748. The van der Waals surface area contributed by atoms with E-state index in [-0.39, 0.29) is 5.91 Å². The van der Waals surface area contributed by atoms with Gasteiger partial charge in [0, 0.05) is 31.2 Å². The van der Waals surface area contributed by atoms with Crippen LogP contribution in [0, 0.1) is 6.92 Å². The van der Waals surface area contributed by atoms with Crippen LogP contribution in [0.15, 0.2) is 24.7 Å². The van der Waals surface area contributed by atoms with E-state index in [1.807, 2.05) is 13.0 Å². The monoisotopic (exact) mass is 233 g/mol. The van der Waals surface area contributed by atoms with Crippen LogP contribution in [0.25, 0.3) is 0 Å². The smallest absolute Gasteiger partial charge is 0.252 e. The van der Waals surface area contributed by atoms with Gasteiger partial charge in [-0.3, -0.25) is 9.48 Å². The first-order valence-electron chi connectivity index (χ1n) is 5.53. The van der Waals surface area contributed by atoms with Gasteiger partial charge in [-0.1, -0.05) is 5.21 Å². The van der Waals surface area contributed by atoms with E-state index < -0.39 is 0 Å². The molecule has 6 nitrogen and oxygen atoms in total. The van der Waals surface area contributed by atoms with Crippen molar-refractivity contribution >= 4 is 5.91 Å². The highest BCUT2D eigenvalue weighted by Crippen LogP contribution is 2.01. The highest BCUT2D eigenvalue weighted by Gasteiger charge is 2.05. The number of hydrogen-bond donors (Lipinski definition) is 2. The average molecular weight is 233 g/mol. The predicted molar refractivity (Wildman–Crippen MR) is 62.5 cm³/mol. The standard InChI is InChI=1S/C11H15N5O/c1-9-7-10(8-13-9)11(17)12-3-2-5-16-6-4-14-15-16/h4,6-8,13H,2-3,5H2,1H3,(H,12,17). The summed E-state index contributed by atoms with van der Waals surface area (Å²) in [5, 5.41) is 10.4. The molecule has 2 aromatic rings. The Kier molecular flexibility index (Phi) is 3.54. The molecule has 0 bridgehead atoms. The number of H-pyrrole nitrogens is 1. The zero-order chi connectivity index (χ0) is 12.1. The van der Waals surface area contributed by atoms with Crippen molar-refractivity contribution < 1.29 is 4.79 Å². The van der Waals surface area contributed by atoms with Crippen LogP contribution in [0.1, 0.15) is 22.5 Å². The first-order chi connectivity index (χ1) is 8.25. The average Bonchev–Trinajstić information content (AvgIpc) is 2.95. The lowest BCUT2D eigenvalue weighted by atomic mass is 10.3. The van der Waals surface area contributed by atoms with E-state index >= 15 is 0 Å². The van der Waals surface area contributed by atoms with Gasteiger partial charge in [-0.2, -0.15) is 0 Å². The second-order valence-electron chi connectivity index (χ2n) is 3.85. The van der Waals surface area contributed by atoms with Crippen LogP contribution >= 0.6 is 0 Å². The number of nitrogens with zero attached hydrogens (tertiary/aromatic N) is 3. The fourth-order valence-electron chi connectivity index (χ4n) is 1.54. The Balaban J connectivity index is 1.70. The minimum absolute atomic E-state index is 0.0482. The number of aryl methyl sites for hydroxylation is 2. The highest BCUT2D eigenvalue weighted by atomic mass is 16.1. The van der Waals surface area contributed by atoms with Crippen LogP contribution in [0.4, 0.5) is 0 Å². The zero-order valence-corrected chi connectivity index (χ0v) is 9.68. The molecule has 0 aliphatic rings. The first-order valence-corrected chi connectivity index (χ1v) is 5.53. The van der Waals surface area contributed by atoms with Gasteiger partial charge in [-0.25, -0.2) is 0 Å². The third-order valence-corrected chi connectivity index (χ3v) is 2.41. The molecule has 0 aliphatic carbocycles. The molecule has 2 N–H and O–H groups in total. The van der Waals surface area contributed by atoms with Gasteiger partial charge in [0.05, 0.1) is 11.8 Å². The van der Waals surface area contributed by atoms with E-state index in [9.17, 15) is 4.79 Å². The van der Waals surface area contributed by atoms with E-state index in [1.54, 1.807) is 23.3 Å². The van der Waals surface area contributed by atoms with E-state index in [0.717, 1.165) is 18.7 Å². The van der Waals surface area contributed by atoms with Crippen molar-refractivity contribution in [2.45, 2.75) is 19.9 Å². The van der Waals surface area contributed by atoms with E-state index in [1.165, 1.54) is 0 Å². The number of aromatic nitrogens is 4. The summed E-state index contributed by atoms with van der Waals surface area (Å²) in [6.07, 6.45) is 5.99. The van der Waals surface area contributed by atoms with Crippen molar-refractivity contribution in [3.8, 4) is 0 Å². The van der Waals surface area contributed by atoms with Gasteiger partial charge in [0.1, 0.15) is 0 Å². The molecule has 2 aromatic heterocycles. The van der Waals surface area contributed by atoms with Gasteiger partial charge in [0.15, 0.2) is 0 Å². The lowest BCUT2D eigenvalue weighted by Crippen LogP contribution is -2.24. The summed E-state index contributed by atoms with van der Waals surface area (Å²) in [5.41, 5.74) is 1.65. The fourth-order valence-corrected chi connectivity index (χ4v) is 1.54. The van der Waals surface area contributed by atoms with Gasteiger partial charge in [-0.05, 0) is 19.4 Å². The summed E-state index contributed by atoms with van der Waals surface area (Å²) < 4.78 is 1.74. The van der Waals surface area contributed by atoms with Crippen molar-refractivity contribution in [3.63, 3.8) is 0 Å². The Morgan fingerprint density at radius 2 is 2.47 bits per heavy atom. The minimum atomic E-state index is -0.0482. The number of nitrogens with one attached hydrogen (secondary N) is 2. The van der Waals surface area contributed by atoms with Crippen LogP contribution in [-0.4, -0.2) is 32.4 Å². The van der Waals surface area contributed by atoms with Gasteiger partial charge >= 0.3 is 0 Å². The molecule has 0 radical (unpaired) electrons. The molecule has 6 heteroatoms. The molecule has 0 spiro atoms. The number of carbonyl (C=O) groups excluding carboxylic acids is 1. The summed E-state index contributed by atoms with van der Waals surface area (Å²) in [6, 6.07) is 1.83. The second kappa shape index (κ2) is 5.29. The predicted octanol–water partition coefficient (Wildman–Crippen LogP) is 0.735. The third kappa shape index (κ3) is 3.17. The molecule has 17 heavy (non-hydrogen) atoms. The molecule has 0 aliphatic heterocycles. The van der Waals surface area contributed by atoms with Crippen molar-refractivity contribution in [2.24, 2.45) is 0 Å². The van der Waals surface area contributed by atoms with Gasteiger partial charge in [0.2, 0.25) is 0 Å². The molecule has 0 atom stereocenters. The number of amides is 1. The Hall–Kier alpha value is -2.11. The first kappa shape index (κ1) is 11.4. The van der Waals surface area contributed by atoms with Crippen molar-refractivity contribution in [3.05, 3.63) is 35.9 Å². The largest absolute Gasteiger partial charge is 0.364 e. The lowest BCUT2D eigenvalue weighted by Gasteiger charge is -2.03. The molecule has 1 amide bonds. The van der Waals surface area contributed by atoms with E-state index in [2.05, 4.69) is 20.6 Å². The molecule has 0 fully saturated rings. The summed E-state index contributed by atoms with van der Waals surface area (Å²) in [4.78, 5) is 14.6. The molecule has 0 unspecified atom stereocenters. The summed E-state index contributed by atoms with van der Waals surface area (Å²) in [5.74, 6) is -0.0482. The normalized spacial score (nSPS) is 10.4. The van der Waals surface area contributed by atoms with Crippen molar-refractivity contribution in [1.29, 1.82) is 0 Å². The molecule has 2 rings (SSSR count). The molecular formula is C11H15N5O. The maximum absolute atomic E-state index is 11.7. The number of aromatic amines is 1. The maximum atomic E-state index is 11.7. The summed E-state index contributed by atoms with van der Waals surface area (Å²) >= 11 is 0. The molecule has 0 aromatic carbocycles. The van der Waals surface area contributed by atoms with Crippen LogP contribution in [0.5, 0.6) is 0 Å².